The Bertz CT molecular complexity index is 150. The summed E-state index contributed by atoms with van der Waals surface area (Å²) in [6.45, 7) is 1.93. The van der Waals surface area contributed by atoms with Crippen molar-refractivity contribution < 1.29 is 0 Å². The number of rotatable bonds is 3. The molecule has 0 unspecified atom stereocenters. The molecule has 3 heteroatoms. The van der Waals surface area contributed by atoms with Crippen molar-refractivity contribution >= 4 is 23.2 Å². The van der Waals surface area contributed by atoms with Crippen LogP contribution in [0.1, 0.15) is 6.92 Å². The molecule has 0 bridgehead atoms. The first kappa shape index (κ1) is 9.86. The Hall–Kier alpha value is -0.140. The lowest BCUT2D eigenvalue weighted by Gasteiger charge is -1.98. The second-order valence-electron chi connectivity index (χ2n) is 1.72. The molecule has 0 aromatic heterocycles. The molecule has 0 heterocycles. The molecule has 1 nitrogen and oxygen atoms in total. The number of nitrogens with one attached hydrogen (secondary N) is 1. The van der Waals surface area contributed by atoms with Crippen LogP contribution in [0.5, 0.6) is 0 Å². The summed E-state index contributed by atoms with van der Waals surface area (Å²) in [6.07, 6.45) is 3.73. The van der Waals surface area contributed by atoms with Crippen LogP contribution in [-0.4, -0.2) is 12.9 Å². The minimum absolute atomic E-state index is 0.362. The van der Waals surface area contributed by atoms with Crippen molar-refractivity contribution in [3.63, 3.8) is 0 Å². The van der Waals surface area contributed by atoms with Crippen molar-refractivity contribution in [1.29, 1.82) is 0 Å². The van der Waals surface area contributed by atoms with E-state index in [9.17, 15) is 0 Å². The monoisotopic (exact) mass is 179 g/mol. The average molecular weight is 180 g/mol. The number of halogens is 2. The minimum Gasteiger partial charge on any atom is -0.388 e. The number of likely N-dealkylation sites (N-methyl/N-ethyl adjacent to an activating group) is 1. The zero-order valence-electron chi connectivity index (χ0n) is 6.12. The lowest BCUT2D eigenvalue weighted by Crippen LogP contribution is -2.02. The standard InChI is InChI=1S/C7H11Cl2N/c1-3-7(10-2)4-6(9)5-8/h3-4,10H,5H2,1-2H3/b6-4+,7-3+. The van der Waals surface area contributed by atoms with Crippen LogP contribution < -0.4 is 5.32 Å². The third-order valence-electron chi connectivity index (χ3n) is 1.04. The molecule has 0 atom stereocenters. The Morgan fingerprint density at radius 2 is 2.20 bits per heavy atom. The predicted octanol–water partition coefficient (Wildman–Crippen LogP) is 2.47. The number of hydrogen-bond donors (Lipinski definition) is 1. The van der Waals surface area contributed by atoms with Gasteiger partial charge in [0.15, 0.2) is 0 Å². The van der Waals surface area contributed by atoms with E-state index in [1.807, 2.05) is 20.0 Å². The minimum atomic E-state index is 0.362. The van der Waals surface area contributed by atoms with Gasteiger partial charge in [-0.05, 0) is 13.0 Å². The van der Waals surface area contributed by atoms with E-state index in [-0.39, 0.29) is 0 Å². The fraction of sp³-hybridized carbons (Fsp3) is 0.429. The number of alkyl halides is 1. The highest BCUT2D eigenvalue weighted by molar-refractivity contribution is 6.35. The summed E-state index contributed by atoms with van der Waals surface area (Å²) in [5.41, 5.74) is 0.977. The Balaban J connectivity index is 4.08. The summed E-state index contributed by atoms with van der Waals surface area (Å²) in [6, 6.07) is 0. The Morgan fingerprint density at radius 1 is 1.60 bits per heavy atom. The topological polar surface area (TPSA) is 12.0 Å². The highest BCUT2D eigenvalue weighted by atomic mass is 35.5. The van der Waals surface area contributed by atoms with Crippen molar-refractivity contribution in [3.05, 3.63) is 22.9 Å². The molecule has 58 valence electrons. The van der Waals surface area contributed by atoms with E-state index in [1.54, 1.807) is 6.08 Å². The molecule has 0 aromatic rings. The summed E-state index contributed by atoms with van der Waals surface area (Å²) < 4.78 is 0. The van der Waals surface area contributed by atoms with Crippen LogP contribution in [0.2, 0.25) is 0 Å². The van der Waals surface area contributed by atoms with Gasteiger partial charge in [0.1, 0.15) is 0 Å². The van der Waals surface area contributed by atoms with Gasteiger partial charge in [-0.3, -0.25) is 0 Å². The number of hydrogen-bond acceptors (Lipinski definition) is 1. The highest BCUT2D eigenvalue weighted by Crippen LogP contribution is 2.06. The SMILES string of the molecule is C/C=C(\C=C(\Cl)CCl)NC. The van der Waals surface area contributed by atoms with Crippen LogP contribution >= 0.6 is 23.2 Å². The Kier molecular flexibility index (Phi) is 5.55. The maximum Gasteiger partial charge on any atom is 0.0582 e. The molecule has 10 heavy (non-hydrogen) atoms. The fourth-order valence-electron chi connectivity index (χ4n) is 0.507. The average Bonchev–Trinajstić information content (AvgIpc) is 1.99. The second kappa shape index (κ2) is 5.63. The summed E-state index contributed by atoms with van der Waals surface area (Å²) in [5.74, 6) is 0.362. The molecule has 0 saturated heterocycles. The van der Waals surface area contributed by atoms with Gasteiger partial charge in [-0.2, -0.15) is 0 Å². The van der Waals surface area contributed by atoms with Gasteiger partial charge in [-0.25, -0.2) is 0 Å². The molecular weight excluding hydrogens is 169 g/mol. The molecule has 0 aliphatic heterocycles. The van der Waals surface area contributed by atoms with Crippen LogP contribution in [0, 0.1) is 0 Å². The molecule has 0 saturated carbocycles. The van der Waals surface area contributed by atoms with E-state index in [0.29, 0.717) is 10.9 Å². The quantitative estimate of drug-likeness (QED) is 0.519. The third kappa shape index (κ3) is 3.80. The van der Waals surface area contributed by atoms with Crippen LogP contribution in [0.3, 0.4) is 0 Å². The molecule has 0 fully saturated rings. The van der Waals surface area contributed by atoms with Gasteiger partial charge in [-0.15, -0.1) is 11.6 Å². The summed E-state index contributed by atoms with van der Waals surface area (Å²) in [4.78, 5) is 0. The maximum absolute atomic E-state index is 5.67. The van der Waals surface area contributed by atoms with Crippen LogP contribution in [0.25, 0.3) is 0 Å². The molecule has 0 aromatic carbocycles. The summed E-state index contributed by atoms with van der Waals surface area (Å²) in [5, 5.41) is 3.60. The van der Waals surface area contributed by atoms with E-state index in [4.69, 9.17) is 23.2 Å². The lowest BCUT2D eigenvalue weighted by molar-refractivity contribution is 1.03. The van der Waals surface area contributed by atoms with Crippen LogP contribution in [0.4, 0.5) is 0 Å². The van der Waals surface area contributed by atoms with Gasteiger partial charge in [0.25, 0.3) is 0 Å². The second-order valence-corrected chi connectivity index (χ2v) is 2.47. The van der Waals surface area contributed by atoms with Crippen molar-refractivity contribution in [2.45, 2.75) is 6.92 Å². The molecule has 0 aliphatic carbocycles. The fourth-order valence-corrected chi connectivity index (χ4v) is 0.702. The van der Waals surface area contributed by atoms with Gasteiger partial charge < -0.3 is 5.32 Å². The molecule has 0 aliphatic rings. The van der Waals surface area contributed by atoms with E-state index in [1.165, 1.54) is 0 Å². The van der Waals surface area contributed by atoms with Gasteiger partial charge in [0.05, 0.1) is 5.88 Å². The van der Waals surface area contributed by atoms with Crippen LogP contribution in [-0.2, 0) is 0 Å². The maximum atomic E-state index is 5.67. The first-order valence-corrected chi connectivity index (χ1v) is 3.92. The molecule has 0 spiro atoms. The molecule has 0 radical (unpaired) electrons. The van der Waals surface area contributed by atoms with Crippen molar-refractivity contribution in [1.82, 2.24) is 5.32 Å². The van der Waals surface area contributed by atoms with Crippen molar-refractivity contribution in [2.24, 2.45) is 0 Å². The predicted molar refractivity (Wildman–Crippen MR) is 47.5 cm³/mol. The molecular formula is C7H11Cl2N. The van der Waals surface area contributed by atoms with Crippen molar-refractivity contribution in [3.8, 4) is 0 Å². The lowest BCUT2D eigenvalue weighted by atomic mass is 10.4. The van der Waals surface area contributed by atoms with Gasteiger partial charge in [-0.1, -0.05) is 17.7 Å². The van der Waals surface area contributed by atoms with Crippen LogP contribution in [0.15, 0.2) is 22.9 Å². The van der Waals surface area contributed by atoms with E-state index in [0.717, 1.165) is 5.70 Å². The van der Waals surface area contributed by atoms with E-state index in [2.05, 4.69) is 5.32 Å². The first-order chi connectivity index (χ1) is 4.74. The Labute approximate surface area is 71.7 Å². The molecule has 0 amide bonds. The Morgan fingerprint density at radius 3 is 2.50 bits per heavy atom. The largest absolute Gasteiger partial charge is 0.388 e. The normalized spacial score (nSPS) is 13.6. The summed E-state index contributed by atoms with van der Waals surface area (Å²) in [7, 11) is 1.84. The smallest absolute Gasteiger partial charge is 0.0582 e. The van der Waals surface area contributed by atoms with Gasteiger partial charge in [0, 0.05) is 17.8 Å². The molecule has 1 N–H and O–H groups in total. The van der Waals surface area contributed by atoms with E-state index < -0.39 is 0 Å². The number of allylic oxidation sites excluding steroid dienone is 3. The van der Waals surface area contributed by atoms with E-state index >= 15 is 0 Å². The zero-order chi connectivity index (χ0) is 7.98. The highest BCUT2D eigenvalue weighted by Gasteiger charge is 1.89. The zero-order valence-corrected chi connectivity index (χ0v) is 7.63. The molecule has 0 rings (SSSR count). The van der Waals surface area contributed by atoms with Crippen molar-refractivity contribution in [2.75, 3.05) is 12.9 Å². The van der Waals surface area contributed by atoms with Gasteiger partial charge >= 0.3 is 0 Å². The first-order valence-electron chi connectivity index (χ1n) is 3.00. The third-order valence-corrected chi connectivity index (χ3v) is 1.71. The summed E-state index contributed by atoms with van der Waals surface area (Å²) >= 11 is 11.1. The van der Waals surface area contributed by atoms with Gasteiger partial charge in [0.2, 0.25) is 0 Å².